The molecule has 2 heterocycles. The van der Waals surface area contributed by atoms with Gasteiger partial charge in [-0.1, -0.05) is 41.1 Å². The highest BCUT2D eigenvalue weighted by Crippen LogP contribution is 2.26. The van der Waals surface area contributed by atoms with Crippen LogP contribution in [0.1, 0.15) is 17.0 Å². The molecule has 1 aliphatic heterocycles. The van der Waals surface area contributed by atoms with Crippen molar-refractivity contribution in [3.8, 4) is 0 Å². The van der Waals surface area contributed by atoms with Crippen LogP contribution >= 0.6 is 11.6 Å². The molecule has 3 aromatic carbocycles. The van der Waals surface area contributed by atoms with E-state index < -0.39 is 5.82 Å². The minimum atomic E-state index is -0.435. The number of hydrogen-bond donors (Lipinski definition) is 1. The van der Waals surface area contributed by atoms with Crippen molar-refractivity contribution >= 4 is 34.2 Å². The van der Waals surface area contributed by atoms with Gasteiger partial charge in [0.2, 0.25) is 5.91 Å². The number of nitrogens with one attached hydrogen (secondary N) is 1. The second-order valence-electron chi connectivity index (χ2n) is 7.94. The summed E-state index contributed by atoms with van der Waals surface area (Å²) >= 11 is 6.05. The Labute approximate surface area is 189 Å². The monoisotopic (exact) mass is 449 g/mol. The van der Waals surface area contributed by atoms with E-state index in [1.54, 1.807) is 15.6 Å². The van der Waals surface area contributed by atoms with Crippen LogP contribution in [0.5, 0.6) is 0 Å². The van der Waals surface area contributed by atoms with Crippen molar-refractivity contribution in [3.63, 3.8) is 0 Å². The van der Waals surface area contributed by atoms with Gasteiger partial charge in [0.25, 0.3) is 0 Å². The fourth-order valence-electron chi connectivity index (χ4n) is 3.91. The molecule has 4 aromatic rings. The summed E-state index contributed by atoms with van der Waals surface area (Å²) in [4.78, 5) is 15.0. The Morgan fingerprint density at radius 1 is 1.12 bits per heavy atom. The van der Waals surface area contributed by atoms with Gasteiger partial charge >= 0.3 is 0 Å². The number of nitrogens with zero attached hydrogens (tertiary/aromatic N) is 4. The standard InChI is InChI=1S/C24H21ClFN5O/c25-19-9-16(10-20(26)11-19)14-30(21-7-5-17(6-8-21)18-12-27-13-18)24(32)15-31-23-4-2-1-3-22(23)28-29-31/h1-11,18,27H,12-15H2. The maximum atomic E-state index is 13.9. The second kappa shape index (κ2) is 8.68. The van der Waals surface area contributed by atoms with Crippen molar-refractivity contribution in [2.24, 2.45) is 0 Å². The summed E-state index contributed by atoms with van der Waals surface area (Å²) in [5.41, 5.74) is 4.08. The van der Waals surface area contributed by atoms with E-state index in [4.69, 9.17) is 11.6 Å². The van der Waals surface area contributed by atoms with E-state index in [1.165, 1.54) is 17.7 Å². The van der Waals surface area contributed by atoms with Crippen molar-refractivity contribution in [2.75, 3.05) is 18.0 Å². The van der Waals surface area contributed by atoms with E-state index in [2.05, 4.69) is 15.6 Å². The molecule has 1 aliphatic rings. The maximum absolute atomic E-state index is 13.9. The molecule has 1 aromatic heterocycles. The summed E-state index contributed by atoms with van der Waals surface area (Å²) in [7, 11) is 0. The van der Waals surface area contributed by atoms with Gasteiger partial charge in [-0.25, -0.2) is 9.07 Å². The number of rotatable bonds is 6. The van der Waals surface area contributed by atoms with Gasteiger partial charge in [0, 0.05) is 29.7 Å². The van der Waals surface area contributed by atoms with E-state index in [1.807, 2.05) is 48.5 Å². The van der Waals surface area contributed by atoms with Crippen molar-refractivity contribution < 1.29 is 9.18 Å². The predicted octanol–water partition coefficient (Wildman–Crippen LogP) is 4.14. The minimum Gasteiger partial charge on any atom is -0.315 e. The van der Waals surface area contributed by atoms with Crippen molar-refractivity contribution in [2.45, 2.75) is 19.0 Å². The summed E-state index contributed by atoms with van der Waals surface area (Å²) < 4.78 is 15.5. The molecule has 1 saturated heterocycles. The fourth-order valence-corrected chi connectivity index (χ4v) is 4.15. The number of halogens is 2. The highest BCUT2D eigenvalue weighted by atomic mass is 35.5. The van der Waals surface area contributed by atoms with Crippen LogP contribution < -0.4 is 10.2 Å². The van der Waals surface area contributed by atoms with Crippen LogP contribution in [0, 0.1) is 5.82 Å². The van der Waals surface area contributed by atoms with E-state index in [0.717, 1.165) is 29.8 Å². The first-order chi connectivity index (χ1) is 15.6. The van der Waals surface area contributed by atoms with Gasteiger partial charge in [-0.3, -0.25) is 4.79 Å². The lowest BCUT2D eigenvalue weighted by molar-refractivity contribution is -0.119. The number of para-hydroxylation sites is 1. The Kier molecular flexibility index (Phi) is 5.59. The SMILES string of the molecule is O=C(Cn1nnc2ccccc21)N(Cc1cc(F)cc(Cl)c1)c1ccc(C2CNC2)cc1. The number of aromatic nitrogens is 3. The van der Waals surface area contributed by atoms with Gasteiger partial charge in [-0.05, 0) is 53.6 Å². The van der Waals surface area contributed by atoms with Crippen LogP contribution in [-0.4, -0.2) is 34.0 Å². The number of amides is 1. The molecule has 6 nitrogen and oxygen atoms in total. The average molecular weight is 450 g/mol. The van der Waals surface area contributed by atoms with Gasteiger partial charge in [-0.2, -0.15) is 0 Å². The molecule has 1 N–H and O–H groups in total. The molecule has 0 bridgehead atoms. The highest BCUT2D eigenvalue weighted by molar-refractivity contribution is 6.30. The first-order valence-corrected chi connectivity index (χ1v) is 10.8. The topological polar surface area (TPSA) is 63.1 Å². The lowest BCUT2D eigenvalue weighted by Gasteiger charge is -2.28. The van der Waals surface area contributed by atoms with E-state index in [-0.39, 0.29) is 19.0 Å². The second-order valence-corrected chi connectivity index (χ2v) is 8.38. The zero-order valence-corrected chi connectivity index (χ0v) is 18.0. The third-order valence-corrected chi connectivity index (χ3v) is 5.95. The number of benzene rings is 3. The fraction of sp³-hybridized carbons (Fsp3) is 0.208. The van der Waals surface area contributed by atoms with Gasteiger partial charge in [0.05, 0.1) is 12.1 Å². The van der Waals surface area contributed by atoms with Crippen LogP contribution in [0.3, 0.4) is 0 Å². The molecular weight excluding hydrogens is 429 g/mol. The van der Waals surface area contributed by atoms with Gasteiger partial charge in [-0.15, -0.1) is 5.10 Å². The maximum Gasteiger partial charge on any atom is 0.249 e. The molecule has 8 heteroatoms. The first-order valence-electron chi connectivity index (χ1n) is 10.4. The largest absolute Gasteiger partial charge is 0.315 e. The van der Waals surface area contributed by atoms with Crippen molar-refractivity contribution in [1.82, 2.24) is 20.3 Å². The predicted molar refractivity (Wildman–Crippen MR) is 122 cm³/mol. The molecule has 0 saturated carbocycles. The minimum absolute atomic E-state index is 0.0118. The Morgan fingerprint density at radius 2 is 1.91 bits per heavy atom. The van der Waals surface area contributed by atoms with Crippen molar-refractivity contribution in [1.29, 1.82) is 0 Å². The molecule has 1 amide bonds. The van der Waals surface area contributed by atoms with E-state index >= 15 is 0 Å². The summed E-state index contributed by atoms with van der Waals surface area (Å²) in [6.07, 6.45) is 0. The number of carbonyl (C=O) groups is 1. The van der Waals surface area contributed by atoms with Gasteiger partial charge in [0.1, 0.15) is 17.9 Å². The summed E-state index contributed by atoms with van der Waals surface area (Å²) in [6.45, 7) is 2.12. The third kappa shape index (κ3) is 4.22. The Morgan fingerprint density at radius 3 is 2.62 bits per heavy atom. The molecule has 0 atom stereocenters. The van der Waals surface area contributed by atoms with Gasteiger partial charge < -0.3 is 10.2 Å². The van der Waals surface area contributed by atoms with Crippen LogP contribution in [0.2, 0.25) is 5.02 Å². The van der Waals surface area contributed by atoms with E-state index in [9.17, 15) is 9.18 Å². The number of fused-ring (bicyclic) bond motifs is 1. The lowest BCUT2D eigenvalue weighted by Crippen LogP contribution is -2.39. The van der Waals surface area contributed by atoms with Crippen LogP contribution in [-0.2, 0) is 17.9 Å². The molecule has 0 radical (unpaired) electrons. The van der Waals surface area contributed by atoms with Gasteiger partial charge in [0.15, 0.2) is 0 Å². The highest BCUT2D eigenvalue weighted by Gasteiger charge is 2.22. The van der Waals surface area contributed by atoms with E-state index in [0.29, 0.717) is 16.5 Å². The van der Waals surface area contributed by atoms with Crippen LogP contribution in [0.15, 0.2) is 66.7 Å². The number of hydrogen-bond acceptors (Lipinski definition) is 4. The molecule has 32 heavy (non-hydrogen) atoms. The van der Waals surface area contributed by atoms with Crippen molar-refractivity contribution in [3.05, 3.63) is 88.7 Å². The molecule has 0 unspecified atom stereocenters. The molecule has 0 aliphatic carbocycles. The smallest absolute Gasteiger partial charge is 0.249 e. The number of anilines is 1. The lowest BCUT2D eigenvalue weighted by atomic mass is 9.93. The zero-order chi connectivity index (χ0) is 22.1. The molecule has 162 valence electrons. The zero-order valence-electron chi connectivity index (χ0n) is 17.2. The summed E-state index contributed by atoms with van der Waals surface area (Å²) in [5.74, 6) is -0.120. The van der Waals surface area contributed by atoms with Crippen LogP contribution in [0.4, 0.5) is 10.1 Å². The molecular formula is C24H21ClFN5O. The molecule has 5 rings (SSSR count). The Bertz CT molecular complexity index is 1250. The Hall–Kier alpha value is -3.29. The quantitative estimate of drug-likeness (QED) is 0.480. The molecule has 0 spiro atoms. The number of carbonyl (C=O) groups excluding carboxylic acids is 1. The average Bonchev–Trinajstić information content (AvgIpc) is 3.14. The normalized spacial score (nSPS) is 13.8. The van der Waals surface area contributed by atoms with Crippen LogP contribution in [0.25, 0.3) is 11.0 Å². The summed E-state index contributed by atoms with van der Waals surface area (Å²) in [5, 5.41) is 11.8. The Balaban J connectivity index is 1.45. The molecule has 1 fully saturated rings. The first kappa shape index (κ1) is 20.6. The third-order valence-electron chi connectivity index (χ3n) is 5.73. The summed E-state index contributed by atoms with van der Waals surface area (Å²) in [6, 6.07) is 19.8.